The van der Waals surface area contributed by atoms with Crippen molar-refractivity contribution in [1.82, 2.24) is 0 Å². The fourth-order valence-electron chi connectivity index (χ4n) is 11.6. The molecule has 4 aromatic rings. The molecule has 4 N–H and O–H groups in total. The highest BCUT2D eigenvalue weighted by Gasteiger charge is 2.42. The van der Waals surface area contributed by atoms with Crippen LogP contribution in [0.5, 0.6) is 0 Å². The first-order chi connectivity index (χ1) is 39.6. The number of nitrogens with zero attached hydrogens (tertiary/aromatic N) is 2. The Morgan fingerprint density at radius 1 is 0.583 bits per heavy atom. The van der Waals surface area contributed by atoms with Gasteiger partial charge in [0.25, 0.3) is 0 Å². The highest BCUT2D eigenvalue weighted by atomic mass is 32.1. The Morgan fingerprint density at radius 3 is 1.40 bits per heavy atom. The molecule has 16 nitrogen and oxygen atoms in total. The Labute approximate surface area is 505 Å². The Hall–Kier alpha value is -4.50. The number of carboxylic acids is 2. The van der Waals surface area contributed by atoms with E-state index >= 15 is 0 Å². The zero-order chi connectivity index (χ0) is 61.0. The number of phosphoric ester groups is 2. The van der Waals surface area contributed by atoms with E-state index in [2.05, 4.69) is 46.5 Å². The van der Waals surface area contributed by atoms with Gasteiger partial charge < -0.3 is 29.8 Å². The summed E-state index contributed by atoms with van der Waals surface area (Å²) in [7, 11) is -8.56. The van der Waals surface area contributed by atoms with E-state index in [1.807, 2.05) is 87.5 Å². The maximum absolute atomic E-state index is 14.3. The highest BCUT2D eigenvalue weighted by molar-refractivity contribution is 7.48. The molecule has 2 aromatic heterocycles. The lowest BCUT2D eigenvalue weighted by Crippen LogP contribution is -2.47. The van der Waals surface area contributed by atoms with Gasteiger partial charge in [-0.05, 0) is 177 Å². The summed E-state index contributed by atoms with van der Waals surface area (Å²) in [6, 6.07) is 22.1. The van der Waals surface area contributed by atoms with Crippen LogP contribution in [0.2, 0.25) is 0 Å². The van der Waals surface area contributed by atoms with Crippen molar-refractivity contribution in [2.24, 2.45) is 34.5 Å². The third kappa shape index (κ3) is 20.3. The van der Waals surface area contributed by atoms with Crippen LogP contribution in [0.1, 0.15) is 205 Å². The van der Waals surface area contributed by atoms with Crippen molar-refractivity contribution < 1.29 is 66.4 Å². The molecule has 4 fully saturated rings. The minimum atomic E-state index is -4.58. The molecule has 0 aliphatic heterocycles. The number of aromatic carboxylic acids is 2. The van der Waals surface area contributed by atoms with Crippen LogP contribution in [0.3, 0.4) is 0 Å². The first-order valence-corrected chi connectivity index (χ1v) is 34.6. The zero-order valence-corrected chi connectivity index (χ0v) is 53.6. The topological polar surface area (TPSA) is 227 Å². The fraction of sp³-hybridized carbons (Fsp3) is 0.594. The van der Waals surface area contributed by atoms with E-state index in [4.69, 9.17) is 18.1 Å². The number of phosphoric acid groups is 2. The molecule has 4 saturated carbocycles. The molecule has 460 valence electrons. The fourth-order valence-corrected chi connectivity index (χ4v) is 15.4. The van der Waals surface area contributed by atoms with Gasteiger partial charge in [-0.2, -0.15) is 0 Å². The lowest BCUT2D eigenvalue weighted by Gasteiger charge is -2.39. The SMILES string of the molecule is CC1CCC(C(=O)N(c2cc(C#CC(C)(C)C)sc2C(=O)O)C2CCC(OP(=O)(OCc3ccccc3)OCc3ccccc3)CC2)CC1.CC1CCC(C(=O)N(c2cc(CCC(C)(C)C)sc2C(=O)O)C2CCC(OP(=O)(O)O)CC2)CC1. The number of carbonyl (C=O) groups excluding carboxylic acids is 2. The predicted octanol–water partition coefficient (Wildman–Crippen LogP) is 15.9. The maximum Gasteiger partial charge on any atom is 0.475 e. The molecular weight excluding hydrogens is 1150 g/mol. The lowest BCUT2D eigenvalue weighted by atomic mass is 9.81. The smallest absolute Gasteiger partial charge is 0.475 e. The summed E-state index contributed by atoms with van der Waals surface area (Å²) in [5.41, 5.74) is 2.46. The number of anilines is 2. The van der Waals surface area contributed by atoms with Crippen LogP contribution in [0.25, 0.3) is 0 Å². The van der Waals surface area contributed by atoms with Crippen molar-refractivity contribution in [1.29, 1.82) is 0 Å². The van der Waals surface area contributed by atoms with E-state index in [9.17, 15) is 48.3 Å². The second-order valence-corrected chi connectivity index (χ2v) is 30.8. The van der Waals surface area contributed by atoms with Crippen LogP contribution < -0.4 is 9.80 Å². The van der Waals surface area contributed by atoms with Crippen LogP contribution in [0.15, 0.2) is 72.8 Å². The van der Waals surface area contributed by atoms with E-state index in [0.29, 0.717) is 79.5 Å². The number of carbonyl (C=O) groups is 4. The number of aryl methyl sites for hydroxylation is 1. The average Bonchev–Trinajstić information content (AvgIpc) is 3.70. The standard InChI is InChI=1S/C39H48NO7PS.C25H40NO7PS/c1-28-15-17-31(18-16-28)37(41)40(35-25-34(23-24-39(2,3)4)49-36(35)38(42)43)32-19-21-33(22-20-32)47-48(44,45-26-29-11-7-5-8-12-29)46-27-30-13-9-6-10-14-30;1-16-5-7-17(8-6-16)23(27)26(18-9-11-19(12-10-18)33-34(30,31)32)21-15-20(13-14-25(2,3)4)35-22(21)24(28)29/h5-14,25,28,31-33H,15-22,26-27H2,1-4H3,(H,42,43);15-19H,5-14H2,1-4H3,(H,28,29)(H2,30,31,32). The molecular formula is C64H88N2O14P2S2. The maximum atomic E-state index is 14.3. The molecule has 0 saturated heterocycles. The van der Waals surface area contributed by atoms with Gasteiger partial charge in [0.15, 0.2) is 0 Å². The number of hydrogen-bond acceptors (Lipinski definition) is 12. The average molecular weight is 1240 g/mol. The van der Waals surface area contributed by atoms with E-state index in [0.717, 1.165) is 91.5 Å². The molecule has 8 rings (SSSR count). The molecule has 2 aromatic carbocycles. The summed E-state index contributed by atoms with van der Waals surface area (Å²) in [5.74, 6) is 5.10. The molecule has 0 spiro atoms. The first-order valence-electron chi connectivity index (χ1n) is 29.9. The van der Waals surface area contributed by atoms with Crippen LogP contribution in [0, 0.1) is 46.3 Å². The number of amides is 2. The second-order valence-electron chi connectivity index (χ2n) is 25.8. The van der Waals surface area contributed by atoms with E-state index in [1.165, 1.54) is 11.3 Å². The van der Waals surface area contributed by atoms with E-state index in [1.54, 1.807) is 15.9 Å². The molecule has 2 heterocycles. The summed E-state index contributed by atoms with van der Waals surface area (Å²) in [4.78, 5) is 76.8. The van der Waals surface area contributed by atoms with Crippen molar-refractivity contribution >= 4 is 73.4 Å². The van der Waals surface area contributed by atoms with Crippen molar-refractivity contribution in [2.45, 2.75) is 208 Å². The molecule has 4 aliphatic rings. The van der Waals surface area contributed by atoms with Crippen LogP contribution in [0.4, 0.5) is 11.4 Å². The van der Waals surface area contributed by atoms with Crippen molar-refractivity contribution in [2.75, 3.05) is 9.80 Å². The third-order valence-electron chi connectivity index (χ3n) is 16.3. The number of hydrogen-bond donors (Lipinski definition) is 4. The molecule has 0 bridgehead atoms. The van der Waals surface area contributed by atoms with E-state index < -0.39 is 39.8 Å². The number of carboxylic acid groups (broad SMARTS) is 2. The Kier molecular flexibility index (Phi) is 23.9. The van der Waals surface area contributed by atoms with E-state index in [-0.39, 0.29) is 69.5 Å². The molecule has 0 unspecified atom stereocenters. The van der Waals surface area contributed by atoms with Gasteiger partial charge in [-0.3, -0.25) is 27.7 Å². The number of rotatable bonds is 20. The number of thiophene rings is 2. The van der Waals surface area contributed by atoms with Gasteiger partial charge in [0, 0.05) is 34.2 Å². The van der Waals surface area contributed by atoms with Gasteiger partial charge in [0.1, 0.15) is 9.75 Å². The van der Waals surface area contributed by atoms with Crippen LogP contribution in [-0.4, -0.2) is 68.0 Å². The van der Waals surface area contributed by atoms with Gasteiger partial charge >= 0.3 is 27.6 Å². The third-order valence-corrected chi connectivity index (χ3v) is 20.5. The zero-order valence-electron chi connectivity index (χ0n) is 50.2. The molecule has 2 amide bonds. The quantitative estimate of drug-likeness (QED) is 0.0477. The minimum Gasteiger partial charge on any atom is -0.477 e. The summed E-state index contributed by atoms with van der Waals surface area (Å²) in [6.07, 6.45) is 11.7. The van der Waals surface area contributed by atoms with Crippen molar-refractivity contribution in [3.8, 4) is 11.8 Å². The summed E-state index contributed by atoms with van der Waals surface area (Å²) < 4.78 is 48.1. The van der Waals surface area contributed by atoms with Gasteiger partial charge in [-0.1, -0.05) is 107 Å². The normalized spacial score (nSPS) is 23.3. The monoisotopic (exact) mass is 1230 g/mol. The van der Waals surface area contributed by atoms with Crippen molar-refractivity contribution in [3.05, 3.63) is 103 Å². The van der Waals surface area contributed by atoms with Crippen LogP contribution >= 0.6 is 38.3 Å². The van der Waals surface area contributed by atoms with Gasteiger partial charge in [0.2, 0.25) is 11.8 Å². The molecule has 0 radical (unpaired) electrons. The predicted molar refractivity (Wildman–Crippen MR) is 330 cm³/mol. The minimum absolute atomic E-state index is 0.0149. The van der Waals surface area contributed by atoms with Gasteiger partial charge in [-0.15, -0.1) is 22.7 Å². The summed E-state index contributed by atoms with van der Waals surface area (Å²) in [5, 5.41) is 20.3. The second kappa shape index (κ2) is 29.9. The van der Waals surface area contributed by atoms with Gasteiger partial charge in [-0.25, -0.2) is 18.7 Å². The Bertz CT molecular complexity index is 2930. The summed E-state index contributed by atoms with van der Waals surface area (Å²) >= 11 is 2.37. The first kappa shape index (κ1) is 67.0. The molecule has 4 aliphatic carbocycles. The largest absolute Gasteiger partial charge is 0.477 e. The van der Waals surface area contributed by atoms with Crippen LogP contribution in [-0.2, 0) is 56.4 Å². The summed E-state index contributed by atoms with van der Waals surface area (Å²) in [6.45, 7) is 17.0. The molecule has 0 atom stereocenters. The number of benzene rings is 2. The highest BCUT2D eigenvalue weighted by Crippen LogP contribution is 2.54. The van der Waals surface area contributed by atoms with Crippen molar-refractivity contribution in [3.63, 3.8) is 0 Å². The lowest BCUT2D eigenvalue weighted by molar-refractivity contribution is -0.125. The Balaban J connectivity index is 0.000000255. The molecule has 20 heteroatoms. The molecule has 84 heavy (non-hydrogen) atoms. The van der Waals surface area contributed by atoms with Gasteiger partial charge in [0.05, 0.1) is 41.7 Å². The Morgan fingerprint density at radius 2 is 1.00 bits per heavy atom.